The van der Waals surface area contributed by atoms with Crippen molar-refractivity contribution >= 4 is 55.4 Å². The molecule has 3 rings (SSSR count). The summed E-state index contributed by atoms with van der Waals surface area (Å²) in [6.45, 7) is 1.66. The Bertz CT molecular complexity index is 1480. The first-order chi connectivity index (χ1) is 24.2. The van der Waals surface area contributed by atoms with Crippen molar-refractivity contribution in [3.63, 3.8) is 0 Å². The van der Waals surface area contributed by atoms with E-state index in [1.807, 2.05) is 0 Å². The Morgan fingerprint density at radius 2 is 0.740 bits per heavy atom. The van der Waals surface area contributed by atoms with Crippen molar-refractivity contribution in [3.05, 3.63) is 144 Å². The van der Waals surface area contributed by atoms with E-state index in [1.54, 1.807) is 97.9 Å². The van der Waals surface area contributed by atoms with E-state index in [9.17, 15) is 28.8 Å². The molecule has 0 spiro atoms. The SMILES string of the molecule is CCC[CH2][Sn]([O]C(=O)/C=C\C(=O)OCc1ccccc1)([O]C(=O)/C=C\C(=O)OCc1ccccc1)[O]C(=O)/C=C\C(=O)OCc1ccccc1. The molecular formula is C37H36O12Sn. The topological polar surface area (TPSA) is 158 Å². The average Bonchev–Trinajstić information content (AvgIpc) is 3.13. The minimum absolute atomic E-state index is 0.0474. The van der Waals surface area contributed by atoms with Gasteiger partial charge in [-0.05, 0) is 0 Å². The number of rotatable bonds is 18. The van der Waals surface area contributed by atoms with Crippen LogP contribution in [-0.2, 0) is 72.0 Å². The summed E-state index contributed by atoms with van der Waals surface area (Å²) >= 11 is -5.58. The van der Waals surface area contributed by atoms with Crippen LogP contribution in [-0.4, -0.2) is 55.4 Å². The van der Waals surface area contributed by atoms with E-state index in [0.717, 1.165) is 53.1 Å². The molecule has 0 atom stereocenters. The van der Waals surface area contributed by atoms with Gasteiger partial charge in [-0.15, -0.1) is 0 Å². The number of hydrogen-bond acceptors (Lipinski definition) is 12. The predicted molar refractivity (Wildman–Crippen MR) is 180 cm³/mol. The number of benzene rings is 3. The summed E-state index contributed by atoms with van der Waals surface area (Å²) in [6.07, 6.45) is 5.53. The first-order valence-electron chi connectivity index (χ1n) is 15.5. The van der Waals surface area contributed by atoms with Crippen LogP contribution >= 0.6 is 0 Å². The number of esters is 3. The Balaban J connectivity index is 1.72. The predicted octanol–water partition coefficient (Wildman–Crippen LogP) is 5.25. The fraction of sp³-hybridized carbons (Fsp3) is 0.189. The third-order valence-corrected chi connectivity index (χ3v) is 13.5. The first kappa shape index (κ1) is 38.9. The van der Waals surface area contributed by atoms with Gasteiger partial charge in [-0.3, -0.25) is 0 Å². The number of hydrogen-bond donors (Lipinski definition) is 0. The fourth-order valence-corrected chi connectivity index (χ4v) is 10.6. The van der Waals surface area contributed by atoms with Gasteiger partial charge in [0, 0.05) is 0 Å². The number of carbonyl (C=O) groups excluding carboxylic acids is 6. The van der Waals surface area contributed by atoms with Crippen molar-refractivity contribution in [2.75, 3.05) is 0 Å². The molecule has 0 fully saturated rings. The standard InChI is InChI=1S/3C11H10O4.C4H9.Sn/c3*12-10(13)6-7-11(14)15-8-9-4-2-1-3-5-9;1-3-4-2;/h3*1-7H,8H2,(H,12,13);1,3-4H2,2H3;/q;;;;+3/p-3/b3*7-6-;;. The second-order valence-electron chi connectivity index (χ2n) is 10.3. The molecule has 3 aromatic carbocycles. The summed E-state index contributed by atoms with van der Waals surface area (Å²) < 4.78 is 31.7. The van der Waals surface area contributed by atoms with Crippen LogP contribution in [0.15, 0.2) is 127 Å². The minimum atomic E-state index is -5.58. The molecule has 0 heterocycles. The Morgan fingerprint density at radius 3 is 1.02 bits per heavy atom. The van der Waals surface area contributed by atoms with Crippen molar-refractivity contribution < 1.29 is 52.2 Å². The Morgan fingerprint density at radius 1 is 0.460 bits per heavy atom. The molecule has 0 radical (unpaired) electrons. The first-order valence-corrected chi connectivity index (χ1v) is 21.0. The molecule has 260 valence electrons. The molecule has 0 saturated heterocycles. The molecule has 0 aliphatic carbocycles. The van der Waals surface area contributed by atoms with Gasteiger partial charge in [-0.1, -0.05) is 0 Å². The second kappa shape index (κ2) is 21.5. The van der Waals surface area contributed by atoms with Crippen molar-refractivity contribution in [1.82, 2.24) is 0 Å². The number of unbranched alkanes of at least 4 members (excludes halogenated alkanes) is 1. The van der Waals surface area contributed by atoms with Gasteiger partial charge >= 0.3 is 296 Å². The molecule has 0 aliphatic heterocycles. The van der Waals surface area contributed by atoms with Gasteiger partial charge in [0.2, 0.25) is 0 Å². The Hall–Kier alpha value is -5.50. The molecule has 0 amide bonds. The van der Waals surface area contributed by atoms with Crippen LogP contribution in [0, 0.1) is 0 Å². The van der Waals surface area contributed by atoms with Gasteiger partial charge in [0.25, 0.3) is 0 Å². The normalized spacial score (nSPS) is 11.2. The molecule has 0 aromatic heterocycles. The van der Waals surface area contributed by atoms with Gasteiger partial charge in [0.05, 0.1) is 0 Å². The van der Waals surface area contributed by atoms with Crippen LogP contribution in [0.1, 0.15) is 36.5 Å². The average molecular weight is 791 g/mol. The van der Waals surface area contributed by atoms with Crippen LogP contribution in [0.3, 0.4) is 0 Å². The van der Waals surface area contributed by atoms with Crippen LogP contribution in [0.2, 0.25) is 4.44 Å². The van der Waals surface area contributed by atoms with Crippen molar-refractivity contribution in [2.45, 2.75) is 44.0 Å². The molecule has 0 saturated carbocycles. The van der Waals surface area contributed by atoms with Gasteiger partial charge in [0.1, 0.15) is 0 Å². The Labute approximate surface area is 294 Å². The van der Waals surface area contributed by atoms with Gasteiger partial charge in [-0.25, -0.2) is 0 Å². The van der Waals surface area contributed by atoms with E-state index in [0.29, 0.717) is 12.8 Å². The van der Waals surface area contributed by atoms with Gasteiger partial charge in [-0.2, -0.15) is 0 Å². The number of ether oxygens (including phenoxy) is 3. The van der Waals surface area contributed by atoms with Crippen LogP contribution in [0.4, 0.5) is 0 Å². The summed E-state index contributed by atoms with van der Waals surface area (Å²) in [6, 6.07) is 26.5. The molecular weight excluding hydrogens is 755 g/mol. The van der Waals surface area contributed by atoms with Crippen molar-refractivity contribution in [2.24, 2.45) is 0 Å². The summed E-state index contributed by atoms with van der Waals surface area (Å²) in [4.78, 5) is 75.4. The Kier molecular flexibility index (Phi) is 16.7. The summed E-state index contributed by atoms with van der Waals surface area (Å²) in [7, 11) is 0. The molecule has 13 heteroatoms. The van der Waals surface area contributed by atoms with E-state index >= 15 is 0 Å². The van der Waals surface area contributed by atoms with E-state index < -0.39 is 55.4 Å². The third-order valence-electron chi connectivity index (χ3n) is 6.34. The molecule has 12 nitrogen and oxygen atoms in total. The van der Waals surface area contributed by atoms with E-state index in [1.165, 1.54) is 0 Å². The van der Waals surface area contributed by atoms with E-state index in [-0.39, 0.29) is 24.3 Å². The maximum atomic E-state index is 12.9. The third kappa shape index (κ3) is 15.6. The zero-order valence-corrected chi connectivity index (χ0v) is 30.1. The molecule has 0 bridgehead atoms. The molecule has 3 aromatic rings. The molecule has 0 unspecified atom stereocenters. The van der Waals surface area contributed by atoms with Crippen LogP contribution in [0.25, 0.3) is 0 Å². The van der Waals surface area contributed by atoms with Gasteiger partial charge < -0.3 is 0 Å². The molecule has 0 N–H and O–H groups in total. The number of carbonyl (C=O) groups is 6. The summed E-state index contributed by atoms with van der Waals surface area (Å²) in [5, 5.41) is 0. The summed E-state index contributed by atoms with van der Waals surface area (Å²) in [5.41, 5.74) is 2.17. The van der Waals surface area contributed by atoms with E-state index in [2.05, 4.69) is 0 Å². The summed E-state index contributed by atoms with van der Waals surface area (Å²) in [5.74, 6) is -6.01. The van der Waals surface area contributed by atoms with Crippen molar-refractivity contribution in [1.29, 1.82) is 0 Å². The monoisotopic (exact) mass is 792 g/mol. The van der Waals surface area contributed by atoms with E-state index in [4.69, 9.17) is 23.4 Å². The molecule has 0 aliphatic rings. The second-order valence-corrected chi connectivity index (χ2v) is 17.4. The zero-order chi connectivity index (χ0) is 36.0. The zero-order valence-electron chi connectivity index (χ0n) is 27.3. The van der Waals surface area contributed by atoms with Crippen LogP contribution < -0.4 is 0 Å². The molecule has 50 heavy (non-hydrogen) atoms. The fourth-order valence-electron chi connectivity index (χ4n) is 3.91. The van der Waals surface area contributed by atoms with Crippen LogP contribution in [0.5, 0.6) is 0 Å². The van der Waals surface area contributed by atoms with Crippen molar-refractivity contribution in [3.8, 4) is 0 Å². The maximum absolute atomic E-state index is 12.9. The quantitative estimate of drug-likeness (QED) is 0.0715. The van der Waals surface area contributed by atoms with Gasteiger partial charge in [0.15, 0.2) is 0 Å².